The minimum atomic E-state index is -4.81. The van der Waals surface area contributed by atoms with Crippen molar-refractivity contribution in [2.75, 3.05) is 0 Å². The molecule has 0 aromatic carbocycles. The number of aromatic nitrogens is 1. The van der Waals surface area contributed by atoms with E-state index in [9.17, 15) is 18.0 Å². The van der Waals surface area contributed by atoms with E-state index < -0.39 is 23.6 Å². The molecule has 0 amide bonds. The van der Waals surface area contributed by atoms with E-state index in [1.807, 2.05) is 6.92 Å². The van der Waals surface area contributed by atoms with Crippen LogP contribution in [0.1, 0.15) is 54.2 Å². The van der Waals surface area contributed by atoms with Crippen molar-refractivity contribution in [2.45, 2.75) is 38.3 Å². The van der Waals surface area contributed by atoms with Crippen molar-refractivity contribution in [1.82, 2.24) is 4.98 Å². The molecule has 0 saturated heterocycles. The third-order valence-electron chi connectivity index (χ3n) is 3.29. The highest BCUT2D eigenvalue weighted by Gasteiger charge is 2.43. The fourth-order valence-electron chi connectivity index (χ4n) is 2.34. The normalized spacial score (nSPS) is 24.4. The maximum absolute atomic E-state index is 12.6. The highest BCUT2D eigenvalue weighted by Crippen LogP contribution is 2.41. The van der Waals surface area contributed by atoms with Gasteiger partial charge in [-0.3, -0.25) is 0 Å². The van der Waals surface area contributed by atoms with Gasteiger partial charge in [0.25, 0.3) is 0 Å². The number of carbonyl (C=O) groups is 1. The SMILES string of the molecule is CC1CCCC1c1nc(C(F)(F)F)c(C(=O)O)o1. The van der Waals surface area contributed by atoms with Gasteiger partial charge in [-0.25, -0.2) is 9.78 Å². The number of nitrogens with zero attached hydrogens (tertiary/aromatic N) is 1. The molecule has 2 unspecified atom stereocenters. The maximum Gasteiger partial charge on any atom is 0.437 e. The van der Waals surface area contributed by atoms with Crippen LogP contribution in [0.25, 0.3) is 0 Å². The summed E-state index contributed by atoms with van der Waals surface area (Å²) >= 11 is 0. The van der Waals surface area contributed by atoms with Crippen molar-refractivity contribution in [2.24, 2.45) is 5.92 Å². The molecule has 0 spiro atoms. The number of alkyl halides is 3. The number of hydrogen-bond acceptors (Lipinski definition) is 3. The fourth-order valence-corrected chi connectivity index (χ4v) is 2.34. The second kappa shape index (κ2) is 4.29. The summed E-state index contributed by atoms with van der Waals surface area (Å²) in [5.74, 6) is -3.03. The Morgan fingerprint density at radius 1 is 1.44 bits per heavy atom. The molecule has 0 radical (unpaired) electrons. The van der Waals surface area contributed by atoms with Crippen LogP contribution in [0.4, 0.5) is 13.2 Å². The smallest absolute Gasteiger partial charge is 0.437 e. The molecule has 1 aliphatic carbocycles. The quantitative estimate of drug-likeness (QED) is 0.889. The molecule has 1 aromatic heterocycles. The van der Waals surface area contributed by atoms with Crippen LogP contribution in [0.5, 0.6) is 0 Å². The highest BCUT2D eigenvalue weighted by atomic mass is 19.4. The molecule has 1 N–H and O–H groups in total. The summed E-state index contributed by atoms with van der Waals surface area (Å²) in [5, 5.41) is 8.72. The molecule has 1 aromatic rings. The Kier molecular flexibility index (Phi) is 3.08. The predicted octanol–water partition coefficient (Wildman–Crippen LogP) is 3.30. The predicted molar refractivity (Wildman–Crippen MR) is 54.2 cm³/mol. The lowest BCUT2D eigenvalue weighted by molar-refractivity contribution is -0.141. The summed E-state index contributed by atoms with van der Waals surface area (Å²) in [4.78, 5) is 14.1. The van der Waals surface area contributed by atoms with Crippen molar-refractivity contribution in [3.05, 3.63) is 17.3 Å². The molecule has 1 heterocycles. The lowest BCUT2D eigenvalue weighted by atomic mass is 9.98. The van der Waals surface area contributed by atoms with Gasteiger partial charge in [0.2, 0.25) is 5.76 Å². The maximum atomic E-state index is 12.6. The molecular formula is C11H12F3NO3. The highest BCUT2D eigenvalue weighted by molar-refractivity contribution is 5.85. The van der Waals surface area contributed by atoms with Gasteiger partial charge in [0, 0.05) is 5.92 Å². The van der Waals surface area contributed by atoms with E-state index in [1.165, 1.54) is 0 Å². The lowest BCUT2D eigenvalue weighted by Gasteiger charge is -2.09. The summed E-state index contributed by atoms with van der Waals surface area (Å²) in [7, 11) is 0. The van der Waals surface area contributed by atoms with Gasteiger partial charge in [0.05, 0.1) is 0 Å². The molecule has 18 heavy (non-hydrogen) atoms. The Bertz CT molecular complexity index is 467. The summed E-state index contributed by atoms with van der Waals surface area (Å²) in [6.07, 6.45) is -2.36. The van der Waals surface area contributed by atoms with E-state index in [4.69, 9.17) is 9.52 Å². The standard InChI is InChI=1S/C11H12F3NO3/c1-5-3-2-4-6(5)9-15-8(11(12,13)14)7(18-9)10(16)17/h5-6H,2-4H2,1H3,(H,16,17). The fraction of sp³-hybridized carbons (Fsp3) is 0.636. The number of oxazole rings is 1. The van der Waals surface area contributed by atoms with Crippen LogP contribution in [0.2, 0.25) is 0 Å². The van der Waals surface area contributed by atoms with Gasteiger partial charge in [-0.15, -0.1) is 0 Å². The first kappa shape index (κ1) is 12.9. The molecule has 2 rings (SSSR count). The van der Waals surface area contributed by atoms with Gasteiger partial charge in [-0.05, 0) is 18.8 Å². The average molecular weight is 263 g/mol. The minimum absolute atomic E-state index is 0.107. The Labute approximate surface area is 101 Å². The van der Waals surface area contributed by atoms with Gasteiger partial charge in [-0.1, -0.05) is 13.3 Å². The van der Waals surface area contributed by atoms with Crippen LogP contribution >= 0.6 is 0 Å². The third-order valence-corrected chi connectivity index (χ3v) is 3.29. The largest absolute Gasteiger partial charge is 0.475 e. The van der Waals surface area contributed by atoms with Crippen LogP contribution < -0.4 is 0 Å². The number of carboxylic acid groups (broad SMARTS) is 1. The molecule has 4 nitrogen and oxygen atoms in total. The summed E-state index contributed by atoms with van der Waals surface area (Å²) < 4.78 is 42.7. The molecular weight excluding hydrogens is 251 g/mol. The lowest BCUT2D eigenvalue weighted by Crippen LogP contribution is -2.12. The first-order valence-electron chi connectivity index (χ1n) is 5.62. The molecule has 1 aliphatic rings. The van der Waals surface area contributed by atoms with E-state index in [2.05, 4.69) is 4.98 Å². The average Bonchev–Trinajstić information content (AvgIpc) is 2.81. The zero-order chi connectivity index (χ0) is 13.5. The third kappa shape index (κ3) is 2.21. The summed E-state index contributed by atoms with van der Waals surface area (Å²) in [6.45, 7) is 1.90. The molecule has 1 saturated carbocycles. The molecule has 1 fully saturated rings. The minimum Gasteiger partial charge on any atom is -0.475 e. The van der Waals surface area contributed by atoms with E-state index in [0.717, 1.165) is 12.8 Å². The van der Waals surface area contributed by atoms with Gasteiger partial charge in [0.1, 0.15) is 0 Å². The zero-order valence-electron chi connectivity index (χ0n) is 9.62. The Morgan fingerprint density at radius 3 is 2.50 bits per heavy atom. The Balaban J connectivity index is 2.42. The van der Waals surface area contributed by atoms with Crippen LogP contribution in [-0.2, 0) is 6.18 Å². The number of aromatic carboxylic acids is 1. The molecule has 100 valence electrons. The van der Waals surface area contributed by atoms with Crippen molar-refractivity contribution >= 4 is 5.97 Å². The van der Waals surface area contributed by atoms with Gasteiger partial charge in [-0.2, -0.15) is 13.2 Å². The van der Waals surface area contributed by atoms with Gasteiger partial charge >= 0.3 is 12.1 Å². The molecule has 2 atom stereocenters. The van der Waals surface area contributed by atoms with Crippen LogP contribution in [0, 0.1) is 5.92 Å². The first-order chi connectivity index (χ1) is 8.30. The van der Waals surface area contributed by atoms with E-state index >= 15 is 0 Å². The number of hydrogen-bond donors (Lipinski definition) is 1. The van der Waals surface area contributed by atoms with Crippen LogP contribution in [0.15, 0.2) is 4.42 Å². The Hall–Kier alpha value is -1.53. The molecule has 0 aliphatic heterocycles. The van der Waals surface area contributed by atoms with Gasteiger partial charge < -0.3 is 9.52 Å². The number of carboxylic acids is 1. The van der Waals surface area contributed by atoms with E-state index in [-0.39, 0.29) is 17.7 Å². The van der Waals surface area contributed by atoms with Crippen molar-refractivity contribution < 1.29 is 27.5 Å². The molecule has 7 heteroatoms. The van der Waals surface area contributed by atoms with Crippen molar-refractivity contribution in [1.29, 1.82) is 0 Å². The van der Waals surface area contributed by atoms with Crippen LogP contribution in [0.3, 0.4) is 0 Å². The van der Waals surface area contributed by atoms with Crippen molar-refractivity contribution in [3.8, 4) is 0 Å². The Morgan fingerprint density at radius 2 is 2.11 bits per heavy atom. The number of halogens is 3. The molecule has 0 bridgehead atoms. The van der Waals surface area contributed by atoms with E-state index in [0.29, 0.717) is 6.42 Å². The van der Waals surface area contributed by atoms with E-state index in [1.54, 1.807) is 0 Å². The second-order valence-electron chi connectivity index (χ2n) is 4.55. The first-order valence-corrected chi connectivity index (χ1v) is 5.62. The number of rotatable bonds is 2. The zero-order valence-corrected chi connectivity index (χ0v) is 9.62. The van der Waals surface area contributed by atoms with Gasteiger partial charge in [0.15, 0.2) is 11.6 Å². The monoisotopic (exact) mass is 263 g/mol. The van der Waals surface area contributed by atoms with Crippen LogP contribution in [-0.4, -0.2) is 16.1 Å². The van der Waals surface area contributed by atoms with Crippen molar-refractivity contribution in [3.63, 3.8) is 0 Å². The second-order valence-corrected chi connectivity index (χ2v) is 4.55. The topological polar surface area (TPSA) is 63.3 Å². The summed E-state index contributed by atoms with van der Waals surface area (Å²) in [6, 6.07) is 0. The summed E-state index contributed by atoms with van der Waals surface area (Å²) in [5.41, 5.74) is -1.44.